The quantitative estimate of drug-likeness (QED) is 0.747. The number of carbonyl (C=O) groups is 1. The second-order valence-corrected chi connectivity index (χ2v) is 7.02. The van der Waals surface area contributed by atoms with E-state index in [1.165, 1.54) is 0 Å². The van der Waals surface area contributed by atoms with Gasteiger partial charge in [-0.05, 0) is 31.7 Å². The molecular weight excluding hydrogens is 236 g/mol. The minimum atomic E-state index is -0.650. The molecule has 0 aromatic rings. The minimum Gasteiger partial charge on any atom is -0.353 e. The second kappa shape index (κ2) is 5.96. The number of carbonyl (C=O) groups excluding carboxylic acids is 1. The van der Waals surface area contributed by atoms with Crippen LogP contribution in [0.3, 0.4) is 0 Å². The molecule has 2 atom stereocenters. The Balaban J connectivity index is 1.78. The SMILES string of the molecule is CC1CNCC(C(=O)NC2CCS(=O)CC2)C1. The summed E-state index contributed by atoms with van der Waals surface area (Å²) in [5.74, 6) is 2.36. The summed E-state index contributed by atoms with van der Waals surface area (Å²) < 4.78 is 11.2. The third kappa shape index (κ3) is 3.78. The van der Waals surface area contributed by atoms with Crippen molar-refractivity contribution in [1.82, 2.24) is 10.6 Å². The molecule has 0 saturated carbocycles. The van der Waals surface area contributed by atoms with Crippen LogP contribution in [0.5, 0.6) is 0 Å². The van der Waals surface area contributed by atoms with Gasteiger partial charge in [0.2, 0.25) is 5.91 Å². The van der Waals surface area contributed by atoms with Crippen molar-refractivity contribution in [3.05, 3.63) is 0 Å². The van der Waals surface area contributed by atoms with Crippen molar-refractivity contribution in [2.24, 2.45) is 11.8 Å². The lowest BCUT2D eigenvalue weighted by Gasteiger charge is -2.29. The van der Waals surface area contributed by atoms with Gasteiger partial charge in [0.1, 0.15) is 0 Å². The Hall–Kier alpha value is -0.420. The first kappa shape index (κ1) is 13.0. The lowest BCUT2D eigenvalue weighted by molar-refractivity contribution is -0.126. The van der Waals surface area contributed by atoms with Gasteiger partial charge >= 0.3 is 0 Å². The zero-order valence-electron chi connectivity index (χ0n) is 10.4. The molecule has 2 rings (SSSR count). The summed E-state index contributed by atoms with van der Waals surface area (Å²) in [5.41, 5.74) is 0. The van der Waals surface area contributed by atoms with Crippen LogP contribution in [0.2, 0.25) is 0 Å². The minimum absolute atomic E-state index is 0.117. The van der Waals surface area contributed by atoms with Gasteiger partial charge in [0, 0.05) is 34.9 Å². The van der Waals surface area contributed by atoms with E-state index in [1.54, 1.807) is 0 Å². The van der Waals surface area contributed by atoms with Gasteiger partial charge in [-0.1, -0.05) is 6.92 Å². The highest BCUT2D eigenvalue weighted by atomic mass is 32.2. The van der Waals surface area contributed by atoms with E-state index in [2.05, 4.69) is 17.6 Å². The fraction of sp³-hybridized carbons (Fsp3) is 0.917. The maximum absolute atomic E-state index is 12.1. The Labute approximate surface area is 105 Å². The molecule has 0 aromatic heterocycles. The van der Waals surface area contributed by atoms with Crippen molar-refractivity contribution in [2.75, 3.05) is 24.6 Å². The standard InChI is InChI=1S/C12H22N2O2S/c1-9-6-10(8-13-7-9)12(15)14-11-2-4-17(16)5-3-11/h9-11,13H,2-8H2,1H3,(H,14,15). The van der Waals surface area contributed by atoms with Crippen molar-refractivity contribution < 1.29 is 9.00 Å². The zero-order valence-corrected chi connectivity index (χ0v) is 11.2. The van der Waals surface area contributed by atoms with Crippen molar-refractivity contribution in [3.63, 3.8) is 0 Å². The van der Waals surface area contributed by atoms with Crippen LogP contribution in [-0.4, -0.2) is 40.8 Å². The largest absolute Gasteiger partial charge is 0.353 e. The molecule has 0 aromatic carbocycles. The Morgan fingerprint density at radius 3 is 2.65 bits per heavy atom. The molecule has 0 radical (unpaired) electrons. The van der Waals surface area contributed by atoms with Crippen LogP contribution in [-0.2, 0) is 15.6 Å². The Morgan fingerprint density at radius 2 is 2.00 bits per heavy atom. The third-order valence-corrected chi connectivity index (χ3v) is 5.06. The molecule has 0 bridgehead atoms. The molecule has 2 unspecified atom stereocenters. The summed E-state index contributed by atoms with van der Waals surface area (Å²) in [6.07, 6.45) is 2.72. The molecule has 0 spiro atoms. The maximum atomic E-state index is 12.1. The van der Waals surface area contributed by atoms with E-state index in [9.17, 15) is 9.00 Å². The van der Waals surface area contributed by atoms with Crippen molar-refractivity contribution in [2.45, 2.75) is 32.2 Å². The second-order valence-electron chi connectivity index (χ2n) is 5.33. The van der Waals surface area contributed by atoms with E-state index in [1.807, 2.05) is 0 Å². The van der Waals surface area contributed by atoms with Crippen molar-refractivity contribution >= 4 is 16.7 Å². The third-order valence-electron chi connectivity index (χ3n) is 3.68. The Morgan fingerprint density at radius 1 is 1.29 bits per heavy atom. The normalized spacial score (nSPS) is 38.6. The van der Waals surface area contributed by atoms with Crippen LogP contribution >= 0.6 is 0 Å². The highest BCUT2D eigenvalue weighted by molar-refractivity contribution is 7.85. The molecule has 2 heterocycles. The molecule has 0 aliphatic carbocycles. The van der Waals surface area contributed by atoms with Crippen LogP contribution < -0.4 is 10.6 Å². The van der Waals surface area contributed by atoms with E-state index in [4.69, 9.17) is 0 Å². The molecule has 2 fully saturated rings. The summed E-state index contributed by atoms with van der Waals surface area (Å²) in [6, 6.07) is 0.248. The predicted octanol–water partition coefficient (Wildman–Crippen LogP) is 0.259. The fourth-order valence-corrected chi connectivity index (χ4v) is 3.91. The lowest BCUT2D eigenvalue weighted by Crippen LogP contribution is -2.47. The molecule has 2 saturated heterocycles. The number of piperidine rings is 1. The first-order valence-electron chi connectivity index (χ1n) is 6.51. The number of rotatable bonds is 2. The van der Waals surface area contributed by atoms with Crippen molar-refractivity contribution in [3.8, 4) is 0 Å². The van der Waals surface area contributed by atoms with E-state index >= 15 is 0 Å². The molecule has 1 amide bonds. The maximum Gasteiger partial charge on any atom is 0.224 e. The smallest absolute Gasteiger partial charge is 0.224 e. The summed E-state index contributed by atoms with van der Waals surface area (Å²) in [6.45, 7) is 4.00. The van der Waals surface area contributed by atoms with E-state index in [0.29, 0.717) is 5.92 Å². The molecule has 2 aliphatic rings. The number of hydrogen-bond donors (Lipinski definition) is 2. The average Bonchev–Trinajstić information content (AvgIpc) is 2.32. The molecule has 2 N–H and O–H groups in total. The van der Waals surface area contributed by atoms with Crippen molar-refractivity contribution in [1.29, 1.82) is 0 Å². The average molecular weight is 258 g/mol. The summed E-state index contributed by atoms with van der Waals surface area (Å²) in [7, 11) is -0.650. The molecule has 17 heavy (non-hydrogen) atoms. The van der Waals surface area contributed by atoms with E-state index in [-0.39, 0.29) is 17.9 Å². The van der Waals surface area contributed by atoms with E-state index < -0.39 is 10.8 Å². The first-order valence-corrected chi connectivity index (χ1v) is 8.00. The van der Waals surface area contributed by atoms with Gasteiger partial charge in [-0.15, -0.1) is 0 Å². The van der Waals surface area contributed by atoms with Gasteiger partial charge in [-0.2, -0.15) is 0 Å². The Kier molecular flexibility index (Phi) is 4.56. The topological polar surface area (TPSA) is 58.2 Å². The monoisotopic (exact) mass is 258 g/mol. The van der Waals surface area contributed by atoms with Gasteiger partial charge in [-0.25, -0.2) is 0 Å². The molecule has 2 aliphatic heterocycles. The van der Waals surface area contributed by atoms with Crippen LogP contribution in [0, 0.1) is 11.8 Å². The highest BCUT2D eigenvalue weighted by Crippen LogP contribution is 2.17. The van der Waals surface area contributed by atoms with Gasteiger partial charge in [-0.3, -0.25) is 9.00 Å². The highest BCUT2D eigenvalue weighted by Gasteiger charge is 2.27. The van der Waals surface area contributed by atoms with Gasteiger partial charge < -0.3 is 10.6 Å². The number of nitrogens with one attached hydrogen (secondary N) is 2. The predicted molar refractivity (Wildman–Crippen MR) is 69.2 cm³/mol. The van der Waals surface area contributed by atoms with Gasteiger partial charge in [0.05, 0.1) is 5.92 Å². The molecule has 4 nitrogen and oxygen atoms in total. The van der Waals surface area contributed by atoms with E-state index in [0.717, 1.165) is 43.9 Å². The molecule has 98 valence electrons. The lowest BCUT2D eigenvalue weighted by atomic mass is 9.91. The number of hydrogen-bond acceptors (Lipinski definition) is 3. The summed E-state index contributed by atoms with van der Waals surface area (Å²) in [4.78, 5) is 12.1. The summed E-state index contributed by atoms with van der Waals surface area (Å²) in [5, 5.41) is 6.42. The first-order chi connectivity index (χ1) is 8.15. The summed E-state index contributed by atoms with van der Waals surface area (Å²) >= 11 is 0. The van der Waals surface area contributed by atoms with Crippen LogP contribution in [0.1, 0.15) is 26.2 Å². The zero-order chi connectivity index (χ0) is 12.3. The van der Waals surface area contributed by atoms with Crippen LogP contribution in [0.15, 0.2) is 0 Å². The van der Waals surface area contributed by atoms with Crippen LogP contribution in [0.4, 0.5) is 0 Å². The Bertz CT molecular complexity index is 299. The van der Waals surface area contributed by atoms with Gasteiger partial charge in [0.15, 0.2) is 0 Å². The molecule has 5 heteroatoms. The molecular formula is C12H22N2O2S. The fourth-order valence-electron chi connectivity index (χ4n) is 2.61. The van der Waals surface area contributed by atoms with Gasteiger partial charge in [0.25, 0.3) is 0 Å². The van der Waals surface area contributed by atoms with Crippen LogP contribution in [0.25, 0.3) is 0 Å². The number of amides is 1.